The van der Waals surface area contributed by atoms with Crippen molar-refractivity contribution in [2.75, 3.05) is 11.4 Å². The van der Waals surface area contributed by atoms with Crippen LogP contribution in [0.5, 0.6) is 0 Å². The second-order valence-electron chi connectivity index (χ2n) is 5.45. The highest BCUT2D eigenvalue weighted by molar-refractivity contribution is 6.00. The van der Waals surface area contributed by atoms with Crippen molar-refractivity contribution in [1.82, 2.24) is 15.1 Å². The average molecular weight is 292 g/mol. The summed E-state index contributed by atoms with van der Waals surface area (Å²) in [6.07, 6.45) is 2.97. The molecular weight excluding hydrogens is 268 g/mol. The standard InChI is InChI=1S/C15H24N4O2/c1-4-6-8-16-15(21)12(5-2)19-13-10-11(3)17-18(13)9-7-14(19)20/h10,12H,4-9H2,1-3H3,(H,16,21)/t12-/m0/s1. The minimum Gasteiger partial charge on any atom is -0.354 e. The summed E-state index contributed by atoms with van der Waals surface area (Å²) in [5.41, 5.74) is 0.867. The first-order valence-corrected chi connectivity index (χ1v) is 7.72. The zero-order valence-corrected chi connectivity index (χ0v) is 13.1. The van der Waals surface area contributed by atoms with E-state index in [0.29, 0.717) is 25.9 Å². The molecule has 1 N–H and O–H groups in total. The SMILES string of the molecule is CCCCNC(=O)[C@H](CC)N1C(=O)CCn2nc(C)cc21. The molecule has 1 aliphatic rings. The number of amides is 2. The second-order valence-corrected chi connectivity index (χ2v) is 5.45. The zero-order chi connectivity index (χ0) is 15.4. The molecule has 0 fully saturated rings. The number of nitrogens with one attached hydrogen (secondary N) is 1. The Morgan fingerprint density at radius 3 is 2.90 bits per heavy atom. The number of fused-ring (bicyclic) bond motifs is 1. The fourth-order valence-electron chi connectivity index (χ4n) is 2.66. The summed E-state index contributed by atoms with van der Waals surface area (Å²) < 4.78 is 1.82. The molecule has 116 valence electrons. The molecule has 0 spiro atoms. The Morgan fingerprint density at radius 1 is 1.48 bits per heavy atom. The van der Waals surface area contributed by atoms with E-state index in [9.17, 15) is 9.59 Å². The number of anilines is 1. The Bertz CT molecular complexity index is 524. The van der Waals surface area contributed by atoms with Crippen LogP contribution in [0.4, 0.5) is 5.82 Å². The summed E-state index contributed by atoms with van der Waals surface area (Å²) in [5.74, 6) is 0.660. The average Bonchev–Trinajstić information content (AvgIpc) is 2.83. The van der Waals surface area contributed by atoms with Crippen LogP contribution in [0.2, 0.25) is 0 Å². The van der Waals surface area contributed by atoms with Gasteiger partial charge in [0.15, 0.2) is 0 Å². The fourth-order valence-corrected chi connectivity index (χ4v) is 2.66. The monoisotopic (exact) mass is 292 g/mol. The van der Waals surface area contributed by atoms with Gasteiger partial charge < -0.3 is 5.32 Å². The number of hydrogen-bond donors (Lipinski definition) is 1. The number of carbonyl (C=O) groups is 2. The second kappa shape index (κ2) is 6.74. The summed E-state index contributed by atoms with van der Waals surface area (Å²) >= 11 is 0. The van der Waals surface area contributed by atoms with Crippen molar-refractivity contribution >= 4 is 17.6 Å². The molecule has 6 nitrogen and oxygen atoms in total. The summed E-state index contributed by atoms with van der Waals surface area (Å²) in [7, 11) is 0. The highest BCUT2D eigenvalue weighted by Gasteiger charge is 2.34. The van der Waals surface area contributed by atoms with Crippen LogP contribution in [-0.2, 0) is 16.1 Å². The van der Waals surface area contributed by atoms with Crippen molar-refractivity contribution < 1.29 is 9.59 Å². The summed E-state index contributed by atoms with van der Waals surface area (Å²) in [4.78, 5) is 26.3. The maximum atomic E-state index is 12.4. The molecule has 2 heterocycles. The Morgan fingerprint density at radius 2 is 2.24 bits per heavy atom. The van der Waals surface area contributed by atoms with E-state index in [1.807, 2.05) is 24.6 Å². The van der Waals surface area contributed by atoms with Crippen molar-refractivity contribution in [3.63, 3.8) is 0 Å². The molecule has 1 atom stereocenters. The van der Waals surface area contributed by atoms with Gasteiger partial charge in [-0.25, -0.2) is 4.68 Å². The lowest BCUT2D eigenvalue weighted by molar-refractivity contribution is -0.127. The molecule has 0 bridgehead atoms. The van der Waals surface area contributed by atoms with E-state index in [4.69, 9.17) is 0 Å². The summed E-state index contributed by atoms with van der Waals surface area (Å²) in [6.45, 7) is 7.16. The highest BCUT2D eigenvalue weighted by atomic mass is 16.2. The first-order chi connectivity index (χ1) is 10.1. The van der Waals surface area contributed by atoms with Crippen LogP contribution in [0.15, 0.2) is 6.07 Å². The zero-order valence-electron chi connectivity index (χ0n) is 13.1. The molecule has 21 heavy (non-hydrogen) atoms. The van der Waals surface area contributed by atoms with Crippen LogP contribution in [0.1, 0.15) is 45.2 Å². The van der Waals surface area contributed by atoms with Crippen molar-refractivity contribution in [3.05, 3.63) is 11.8 Å². The van der Waals surface area contributed by atoms with Crippen LogP contribution in [-0.4, -0.2) is 34.2 Å². The third kappa shape index (κ3) is 3.25. The van der Waals surface area contributed by atoms with Crippen molar-refractivity contribution in [2.45, 2.75) is 59.0 Å². The molecule has 1 aromatic rings. The fraction of sp³-hybridized carbons (Fsp3) is 0.667. The van der Waals surface area contributed by atoms with Crippen LogP contribution in [0, 0.1) is 6.92 Å². The molecule has 0 aromatic carbocycles. The smallest absolute Gasteiger partial charge is 0.243 e. The molecule has 1 aromatic heterocycles. The van der Waals surface area contributed by atoms with Crippen molar-refractivity contribution in [1.29, 1.82) is 0 Å². The third-order valence-corrected chi connectivity index (χ3v) is 3.76. The van der Waals surface area contributed by atoms with E-state index in [1.165, 1.54) is 0 Å². The van der Waals surface area contributed by atoms with Crippen LogP contribution >= 0.6 is 0 Å². The molecule has 0 radical (unpaired) electrons. The number of hydrogen-bond acceptors (Lipinski definition) is 3. The van der Waals surface area contributed by atoms with Gasteiger partial charge in [-0.2, -0.15) is 5.10 Å². The Labute approximate surface area is 125 Å². The lowest BCUT2D eigenvalue weighted by Gasteiger charge is -2.33. The van der Waals surface area contributed by atoms with Gasteiger partial charge >= 0.3 is 0 Å². The maximum absolute atomic E-state index is 12.4. The largest absolute Gasteiger partial charge is 0.354 e. The van der Waals surface area contributed by atoms with Gasteiger partial charge in [0.2, 0.25) is 11.8 Å². The van der Waals surface area contributed by atoms with E-state index in [2.05, 4.69) is 17.3 Å². The number of aromatic nitrogens is 2. The molecule has 6 heteroatoms. The topological polar surface area (TPSA) is 67.2 Å². The lowest BCUT2D eigenvalue weighted by atomic mass is 10.1. The quantitative estimate of drug-likeness (QED) is 0.810. The molecule has 0 saturated carbocycles. The predicted molar refractivity (Wildman–Crippen MR) is 81.1 cm³/mol. The van der Waals surface area contributed by atoms with Gasteiger partial charge in [-0.1, -0.05) is 20.3 Å². The van der Waals surface area contributed by atoms with Crippen LogP contribution < -0.4 is 10.2 Å². The summed E-state index contributed by atoms with van der Waals surface area (Å²) in [6, 6.07) is 1.42. The number of nitrogens with zero attached hydrogens (tertiary/aromatic N) is 3. The Kier molecular flexibility index (Phi) is 4.98. The van der Waals surface area contributed by atoms with Gasteiger partial charge in [-0.05, 0) is 19.8 Å². The van der Waals surface area contributed by atoms with Crippen LogP contribution in [0.3, 0.4) is 0 Å². The number of unbranched alkanes of at least 4 members (excludes halogenated alkanes) is 1. The first kappa shape index (κ1) is 15.5. The molecular formula is C15H24N4O2. The maximum Gasteiger partial charge on any atom is 0.243 e. The van der Waals surface area contributed by atoms with Crippen LogP contribution in [0.25, 0.3) is 0 Å². The lowest BCUT2D eigenvalue weighted by Crippen LogP contribution is -2.52. The first-order valence-electron chi connectivity index (χ1n) is 7.72. The van der Waals surface area contributed by atoms with Gasteiger partial charge in [0.1, 0.15) is 11.9 Å². The third-order valence-electron chi connectivity index (χ3n) is 3.76. The van der Waals surface area contributed by atoms with E-state index < -0.39 is 6.04 Å². The van der Waals surface area contributed by atoms with Crippen molar-refractivity contribution in [3.8, 4) is 0 Å². The summed E-state index contributed by atoms with van der Waals surface area (Å²) in [5, 5.41) is 7.31. The van der Waals surface area contributed by atoms with E-state index in [1.54, 1.807) is 4.90 Å². The molecule has 2 rings (SSSR count). The van der Waals surface area contributed by atoms with Crippen molar-refractivity contribution in [2.24, 2.45) is 0 Å². The van der Waals surface area contributed by atoms with Gasteiger partial charge in [0.25, 0.3) is 0 Å². The van der Waals surface area contributed by atoms with Gasteiger partial charge in [0.05, 0.1) is 12.2 Å². The van der Waals surface area contributed by atoms with Gasteiger partial charge in [-0.15, -0.1) is 0 Å². The number of aryl methyl sites for hydroxylation is 2. The van der Waals surface area contributed by atoms with E-state index in [-0.39, 0.29) is 11.8 Å². The minimum absolute atomic E-state index is 0.000100. The Hall–Kier alpha value is -1.85. The number of carbonyl (C=O) groups excluding carboxylic acids is 2. The molecule has 0 unspecified atom stereocenters. The molecule has 0 aliphatic carbocycles. The van der Waals surface area contributed by atoms with Gasteiger partial charge in [-0.3, -0.25) is 14.5 Å². The highest BCUT2D eigenvalue weighted by Crippen LogP contribution is 2.25. The minimum atomic E-state index is -0.454. The Balaban J connectivity index is 2.20. The normalized spacial score (nSPS) is 15.8. The number of rotatable bonds is 6. The van der Waals surface area contributed by atoms with E-state index in [0.717, 1.165) is 24.4 Å². The molecule has 0 saturated heterocycles. The molecule has 2 amide bonds. The van der Waals surface area contributed by atoms with E-state index >= 15 is 0 Å². The predicted octanol–water partition coefficient (Wildman–Crippen LogP) is 1.62. The molecule has 1 aliphatic heterocycles. The van der Waals surface area contributed by atoms with Gasteiger partial charge in [0, 0.05) is 19.0 Å².